The summed E-state index contributed by atoms with van der Waals surface area (Å²) in [5.74, 6) is 0.357. The van der Waals surface area contributed by atoms with Crippen molar-refractivity contribution in [3.05, 3.63) is 75.7 Å². The average molecular weight is 539 g/mol. The van der Waals surface area contributed by atoms with E-state index < -0.39 is 23.5 Å². The first-order valence-corrected chi connectivity index (χ1v) is 11.1. The van der Waals surface area contributed by atoms with Crippen LogP contribution >= 0.6 is 11.3 Å². The molecule has 0 saturated carbocycles. The van der Waals surface area contributed by atoms with Crippen LogP contribution in [0.25, 0.3) is 10.4 Å². The van der Waals surface area contributed by atoms with E-state index >= 15 is 0 Å². The first-order valence-electron chi connectivity index (χ1n) is 10.3. The zero-order valence-corrected chi connectivity index (χ0v) is 19.9. The molecule has 0 aliphatic heterocycles. The molecule has 3 aromatic rings. The lowest BCUT2D eigenvalue weighted by molar-refractivity contribution is -0.376. The summed E-state index contributed by atoms with van der Waals surface area (Å²) < 4.78 is 87.0. The first kappa shape index (κ1) is 29.6. The second-order valence-electron chi connectivity index (χ2n) is 7.50. The van der Waals surface area contributed by atoms with Crippen LogP contribution < -0.4 is 4.74 Å². The molecular formula is C24H24F6O5S. The van der Waals surface area contributed by atoms with Gasteiger partial charge >= 0.3 is 12.4 Å². The molecule has 36 heavy (non-hydrogen) atoms. The van der Waals surface area contributed by atoms with E-state index in [-0.39, 0.29) is 35.8 Å². The molecule has 0 amide bonds. The number of halogens is 6. The molecule has 0 radical (unpaired) electrons. The fourth-order valence-electron chi connectivity index (χ4n) is 3.55. The maximum absolute atomic E-state index is 13.6. The van der Waals surface area contributed by atoms with E-state index in [2.05, 4.69) is 0 Å². The Morgan fingerprint density at radius 1 is 0.833 bits per heavy atom. The van der Waals surface area contributed by atoms with Crippen LogP contribution in [0.5, 0.6) is 5.75 Å². The van der Waals surface area contributed by atoms with E-state index in [1.165, 1.54) is 24.3 Å². The third-order valence-electron chi connectivity index (χ3n) is 5.28. The SMILES string of the molecule is CO.Cc1cccc(-c2ccc(COc3ccc(CO)c(CO)c3)s2)c1C(O)(C(F)(F)F)C(F)(F)F. The van der Waals surface area contributed by atoms with Crippen LogP contribution in [0.2, 0.25) is 0 Å². The van der Waals surface area contributed by atoms with Gasteiger partial charge in [-0.2, -0.15) is 26.3 Å². The van der Waals surface area contributed by atoms with Gasteiger partial charge in [-0.05, 0) is 53.4 Å². The quantitative estimate of drug-likeness (QED) is 0.310. The minimum Gasteiger partial charge on any atom is -0.488 e. The van der Waals surface area contributed by atoms with Crippen molar-refractivity contribution in [2.24, 2.45) is 0 Å². The molecule has 0 atom stereocenters. The lowest BCUT2D eigenvalue weighted by Gasteiger charge is -2.35. The summed E-state index contributed by atoms with van der Waals surface area (Å²) >= 11 is 0.923. The van der Waals surface area contributed by atoms with Crippen molar-refractivity contribution in [2.45, 2.75) is 44.7 Å². The van der Waals surface area contributed by atoms with Crippen molar-refractivity contribution in [3.8, 4) is 16.2 Å². The van der Waals surface area contributed by atoms with E-state index in [9.17, 15) is 41.7 Å². The summed E-state index contributed by atoms with van der Waals surface area (Å²) in [5.41, 5.74) is -6.09. The normalized spacial score (nSPS) is 12.2. The highest BCUT2D eigenvalue weighted by molar-refractivity contribution is 7.15. The molecule has 12 heteroatoms. The molecular weight excluding hydrogens is 514 g/mol. The Hall–Kier alpha value is -2.64. The molecule has 1 aromatic heterocycles. The molecule has 1 heterocycles. The van der Waals surface area contributed by atoms with Gasteiger partial charge < -0.3 is 25.2 Å². The van der Waals surface area contributed by atoms with Gasteiger partial charge in [0.1, 0.15) is 12.4 Å². The number of aliphatic hydroxyl groups is 4. The minimum absolute atomic E-state index is 0.0437. The smallest absolute Gasteiger partial charge is 0.430 e. The summed E-state index contributed by atoms with van der Waals surface area (Å²) in [6.45, 7) is 0.435. The first-order chi connectivity index (χ1) is 16.8. The molecule has 0 unspecified atom stereocenters. The molecule has 3 rings (SSSR count). The Kier molecular flexibility index (Phi) is 9.54. The maximum atomic E-state index is 13.6. The predicted molar refractivity (Wildman–Crippen MR) is 121 cm³/mol. The maximum Gasteiger partial charge on any atom is 0.430 e. The summed E-state index contributed by atoms with van der Waals surface area (Å²) in [5, 5.41) is 35.6. The summed E-state index contributed by atoms with van der Waals surface area (Å²) in [6, 6.07) is 11.0. The van der Waals surface area contributed by atoms with Crippen LogP contribution in [0.15, 0.2) is 48.5 Å². The monoisotopic (exact) mass is 538 g/mol. The molecule has 0 bridgehead atoms. The van der Waals surface area contributed by atoms with Crippen molar-refractivity contribution in [1.82, 2.24) is 0 Å². The highest BCUT2D eigenvalue weighted by Crippen LogP contribution is 2.53. The molecule has 2 aromatic carbocycles. The topological polar surface area (TPSA) is 90.2 Å². The fourth-order valence-corrected chi connectivity index (χ4v) is 4.50. The highest BCUT2D eigenvalue weighted by Gasteiger charge is 2.72. The van der Waals surface area contributed by atoms with E-state index in [0.717, 1.165) is 37.5 Å². The fraction of sp³-hybridized carbons (Fsp3) is 0.333. The van der Waals surface area contributed by atoms with Gasteiger partial charge in [0.25, 0.3) is 5.60 Å². The van der Waals surface area contributed by atoms with Gasteiger partial charge in [-0.15, -0.1) is 11.3 Å². The Labute approximate surface area is 206 Å². The summed E-state index contributed by atoms with van der Waals surface area (Å²) in [4.78, 5) is 0.595. The van der Waals surface area contributed by atoms with E-state index in [1.54, 1.807) is 12.1 Å². The molecule has 0 fully saturated rings. The van der Waals surface area contributed by atoms with Crippen molar-refractivity contribution in [1.29, 1.82) is 0 Å². The number of aliphatic hydroxyl groups excluding tert-OH is 3. The third kappa shape index (κ3) is 5.84. The van der Waals surface area contributed by atoms with Crippen LogP contribution in [-0.2, 0) is 25.4 Å². The summed E-state index contributed by atoms with van der Waals surface area (Å²) in [7, 11) is 1.00. The standard InChI is InChI=1S/C23H20F6O4S.CH4O/c1-13-3-2-4-18(20(13)21(32,22(24,25)26)23(27,28)29)19-8-7-17(34-19)12-33-16-6-5-14(10-30)15(9-16)11-31;1-2/h2-9,30-32H,10-12H2,1H3;2H,1H3. The number of benzene rings is 2. The van der Waals surface area contributed by atoms with Gasteiger partial charge in [-0.1, -0.05) is 24.3 Å². The van der Waals surface area contributed by atoms with Crippen molar-refractivity contribution in [3.63, 3.8) is 0 Å². The Balaban J connectivity index is 0.00000222. The Morgan fingerprint density at radius 2 is 1.44 bits per heavy atom. The zero-order chi connectivity index (χ0) is 27.3. The molecule has 0 saturated heterocycles. The molecule has 0 spiro atoms. The van der Waals surface area contributed by atoms with Gasteiger partial charge in [0.2, 0.25) is 0 Å². The number of rotatable bonds is 7. The van der Waals surface area contributed by atoms with Crippen LogP contribution in [0.1, 0.15) is 27.1 Å². The van der Waals surface area contributed by atoms with E-state index in [4.69, 9.17) is 9.84 Å². The van der Waals surface area contributed by atoms with Crippen LogP contribution in [0, 0.1) is 6.92 Å². The number of alkyl halides is 6. The number of hydrogen-bond donors (Lipinski definition) is 4. The largest absolute Gasteiger partial charge is 0.488 e. The van der Waals surface area contributed by atoms with Crippen molar-refractivity contribution in [2.75, 3.05) is 7.11 Å². The molecule has 5 nitrogen and oxygen atoms in total. The van der Waals surface area contributed by atoms with Gasteiger partial charge in [0, 0.05) is 22.4 Å². The third-order valence-corrected chi connectivity index (χ3v) is 6.37. The second kappa shape index (κ2) is 11.6. The Morgan fingerprint density at radius 3 is 2.00 bits per heavy atom. The number of ether oxygens (including phenoxy) is 1. The highest BCUT2D eigenvalue weighted by atomic mass is 32.1. The van der Waals surface area contributed by atoms with Gasteiger partial charge in [-0.3, -0.25) is 0 Å². The van der Waals surface area contributed by atoms with Gasteiger partial charge in [-0.25, -0.2) is 0 Å². The predicted octanol–water partition coefficient (Wildman–Crippen LogP) is 5.21. The van der Waals surface area contributed by atoms with E-state index in [0.29, 0.717) is 21.8 Å². The van der Waals surface area contributed by atoms with Crippen LogP contribution in [0.4, 0.5) is 26.3 Å². The van der Waals surface area contributed by atoms with Crippen LogP contribution in [-0.4, -0.2) is 39.9 Å². The number of aryl methyl sites for hydroxylation is 1. The second-order valence-corrected chi connectivity index (χ2v) is 8.67. The molecule has 0 aliphatic rings. The number of hydrogen-bond acceptors (Lipinski definition) is 6. The minimum atomic E-state index is -6.00. The zero-order valence-electron chi connectivity index (χ0n) is 19.1. The van der Waals surface area contributed by atoms with Gasteiger partial charge in [0.05, 0.1) is 13.2 Å². The average Bonchev–Trinajstić information content (AvgIpc) is 3.30. The van der Waals surface area contributed by atoms with Crippen molar-refractivity contribution >= 4 is 11.3 Å². The van der Waals surface area contributed by atoms with E-state index in [1.807, 2.05) is 0 Å². The molecule has 0 aliphatic carbocycles. The lowest BCUT2D eigenvalue weighted by atomic mass is 9.84. The van der Waals surface area contributed by atoms with Gasteiger partial charge in [0.15, 0.2) is 0 Å². The number of thiophene rings is 1. The Bertz CT molecular complexity index is 1140. The van der Waals surface area contributed by atoms with Crippen LogP contribution in [0.3, 0.4) is 0 Å². The lowest BCUT2D eigenvalue weighted by Crippen LogP contribution is -2.54. The van der Waals surface area contributed by atoms with Crippen molar-refractivity contribution < 1.29 is 51.5 Å². The molecule has 4 N–H and O–H groups in total. The summed E-state index contributed by atoms with van der Waals surface area (Å²) in [6.07, 6.45) is -12.0. The molecule has 198 valence electrons.